The van der Waals surface area contributed by atoms with E-state index in [-0.39, 0.29) is 0 Å². The lowest BCUT2D eigenvalue weighted by Gasteiger charge is -2.12. The topological polar surface area (TPSA) is 29.4 Å². The van der Waals surface area contributed by atoms with Crippen LogP contribution in [0.3, 0.4) is 0 Å². The van der Waals surface area contributed by atoms with Gasteiger partial charge in [0.1, 0.15) is 5.69 Å². The van der Waals surface area contributed by atoms with Gasteiger partial charge in [0.05, 0.1) is 10.0 Å². The fourth-order valence-electron chi connectivity index (χ4n) is 0.988. The summed E-state index contributed by atoms with van der Waals surface area (Å²) in [5.74, 6) is -1.06. The van der Waals surface area contributed by atoms with Gasteiger partial charge < -0.3 is 0 Å². The highest BCUT2D eigenvalue weighted by Crippen LogP contribution is 2.44. The van der Waals surface area contributed by atoms with Crippen molar-refractivity contribution in [2.24, 2.45) is 4.99 Å². The first-order valence-electron chi connectivity index (χ1n) is 3.61. The van der Waals surface area contributed by atoms with Crippen LogP contribution in [0.5, 0.6) is 0 Å². The van der Waals surface area contributed by atoms with E-state index in [1.165, 1.54) is 0 Å². The predicted octanol–water partition coefficient (Wildman–Crippen LogP) is 4.34. The van der Waals surface area contributed by atoms with Crippen LogP contribution in [0.1, 0.15) is 5.56 Å². The molecule has 0 N–H and O–H groups in total. The van der Waals surface area contributed by atoms with E-state index in [0.29, 0.717) is 6.07 Å². The van der Waals surface area contributed by atoms with Crippen molar-refractivity contribution in [2.45, 2.75) is 6.18 Å². The number of isocyanates is 1. The summed E-state index contributed by atoms with van der Waals surface area (Å²) in [6.07, 6.45) is -3.71. The van der Waals surface area contributed by atoms with Crippen molar-refractivity contribution in [3.05, 3.63) is 26.4 Å². The maximum Gasteiger partial charge on any atom is 0.418 e. The van der Waals surface area contributed by atoms with E-state index < -0.39 is 32.2 Å². The van der Waals surface area contributed by atoms with Gasteiger partial charge in [-0.2, -0.15) is 18.2 Å². The Morgan fingerprint density at radius 3 is 2.31 bits per heavy atom. The maximum atomic E-state index is 13.2. The first kappa shape index (κ1) is 13.3. The van der Waals surface area contributed by atoms with E-state index in [9.17, 15) is 22.4 Å². The lowest BCUT2D eigenvalue weighted by Crippen LogP contribution is -2.08. The monoisotopic (exact) mass is 361 g/mol. The van der Waals surface area contributed by atoms with Gasteiger partial charge in [0, 0.05) is 4.47 Å². The summed E-state index contributed by atoms with van der Waals surface area (Å²) in [5.41, 5.74) is -1.87. The third kappa shape index (κ3) is 2.50. The van der Waals surface area contributed by atoms with E-state index in [0.717, 1.165) is 6.08 Å². The first-order valence-corrected chi connectivity index (χ1v) is 5.20. The molecule has 0 aliphatic rings. The van der Waals surface area contributed by atoms with Crippen LogP contribution in [0.4, 0.5) is 23.2 Å². The Bertz CT molecular complexity index is 480. The molecule has 16 heavy (non-hydrogen) atoms. The zero-order valence-electron chi connectivity index (χ0n) is 7.20. The largest absolute Gasteiger partial charge is 0.418 e. The second-order valence-corrected chi connectivity index (χ2v) is 4.23. The van der Waals surface area contributed by atoms with Crippen LogP contribution in [-0.2, 0) is 11.0 Å². The lowest BCUT2D eigenvalue weighted by atomic mass is 10.2. The molecule has 0 aliphatic heterocycles. The Balaban J connectivity index is 3.64. The molecule has 0 heterocycles. The number of alkyl halides is 3. The first-order chi connectivity index (χ1) is 7.29. The predicted molar refractivity (Wildman–Crippen MR) is 54.6 cm³/mol. The van der Waals surface area contributed by atoms with Crippen molar-refractivity contribution in [3.63, 3.8) is 0 Å². The van der Waals surface area contributed by atoms with Crippen LogP contribution >= 0.6 is 31.9 Å². The van der Waals surface area contributed by atoms with Crippen molar-refractivity contribution >= 4 is 43.6 Å². The zero-order chi connectivity index (χ0) is 12.5. The molecule has 86 valence electrons. The SMILES string of the molecule is O=C=Nc1c(F)cc(Br)c(C(F)(F)F)c1Br. The minimum atomic E-state index is -4.70. The number of aliphatic imine (C=N–C) groups is 1. The summed E-state index contributed by atoms with van der Waals surface area (Å²) < 4.78 is 49.7. The summed E-state index contributed by atoms with van der Waals surface area (Å²) in [6.45, 7) is 0. The van der Waals surface area contributed by atoms with Crippen LogP contribution in [0.25, 0.3) is 0 Å². The van der Waals surface area contributed by atoms with E-state index in [1.54, 1.807) is 0 Å². The fourth-order valence-corrected chi connectivity index (χ4v) is 2.59. The van der Waals surface area contributed by atoms with Crippen LogP contribution in [0.2, 0.25) is 0 Å². The summed E-state index contributed by atoms with van der Waals surface area (Å²) in [5, 5.41) is 0. The van der Waals surface area contributed by atoms with Gasteiger partial charge in [-0.15, -0.1) is 0 Å². The van der Waals surface area contributed by atoms with Crippen molar-refractivity contribution in [3.8, 4) is 0 Å². The Morgan fingerprint density at radius 2 is 1.88 bits per heavy atom. The van der Waals surface area contributed by atoms with Crippen LogP contribution in [0, 0.1) is 5.82 Å². The minimum Gasteiger partial charge on any atom is -0.211 e. The molecular weight excluding hydrogens is 362 g/mol. The molecule has 0 fully saturated rings. The molecule has 1 rings (SSSR count). The molecule has 8 heteroatoms. The molecule has 0 amide bonds. The number of halogens is 6. The van der Waals surface area contributed by atoms with Gasteiger partial charge >= 0.3 is 6.18 Å². The molecule has 0 atom stereocenters. The number of benzene rings is 1. The molecule has 0 radical (unpaired) electrons. The maximum absolute atomic E-state index is 13.2. The highest BCUT2D eigenvalue weighted by atomic mass is 79.9. The summed E-state index contributed by atoms with van der Waals surface area (Å²) >= 11 is 5.15. The van der Waals surface area contributed by atoms with E-state index in [4.69, 9.17) is 0 Å². The molecule has 0 spiro atoms. The molecule has 0 aromatic heterocycles. The van der Waals surface area contributed by atoms with Gasteiger partial charge in [-0.25, -0.2) is 9.18 Å². The van der Waals surface area contributed by atoms with Crippen molar-refractivity contribution in [2.75, 3.05) is 0 Å². The van der Waals surface area contributed by atoms with Gasteiger partial charge in [-0.1, -0.05) is 15.9 Å². The van der Waals surface area contributed by atoms with Crippen LogP contribution < -0.4 is 0 Å². The zero-order valence-corrected chi connectivity index (χ0v) is 10.4. The Kier molecular flexibility index (Phi) is 3.88. The van der Waals surface area contributed by atoms with Gasteiger partial charge in [-0.3, -0.25) is 0 Å². The molecule has 2 nitrogen and oxygen atoms in total. The lowest BCUT2D eigenvalue weighted by molar-refractivity contribution is -0.138. The molecule has 0 aliphatic carbocycles. The third-order valence-corrected chi connectivity index (χ3v) is 2.98. The van der Waals surface area contributed by atoms with Crippen LogP contribution in [-0.4, -0.2) is 6.08 Å². The Hall–Kier alpha value is -0.720. The molecule has 1 aromatic rings. The standard InChI is InChI=1S/C8HBr2F4NO/c9-3-1-4(11)7(15-2-16)6(10)5(3)8(12,13)14/h1H. The van der Waals surface area contributed by atoms with Crippen molar-refractivity contribution < 1.29 is 22.4 Å². The Morgan fingerprint density at radius 1 is 1.31 bits per heavy atom. The highest BCUT2D eigenvalue weighted by Gasteiger charge is 2.37. The number of nitrogens with zero attached hydrogens (tertiary/aromatic N) is 1. The second-order valence-electron chi connectivity index (χ2n) is 2.58. The average Bonchev–Trinajstić information content (AvgIpc) is 2.09. The van der Waals surface area contributed by atoms with Crippen molar-refractivity contribution in [1.29, 1.82) is 0 Å². The second kappa shape index (κ2) is 4.65. The summed E-state index contributed by atoms with van der Waals surface area (Å²) in [6, 6.07) is 0.587. The van der Waals surface area contributed by atoms with Gasteiger partial charge in [0.15, 0.2) is 5.82 Å². The highest BCUT2D eigenvalue weighted by molar-refractivity contribution is 9.11. The smallest absolute Gasteiger partial charge is 0.211 e. The number of hydrogen-bond donors (Lipinski definition) is 0. The van der Waals surface area contributed by atoms with E-state index in [2.05, 4.69) is 36.9 Å². The van der Waals surface area contributed by atoms with Gasteiger partial charge in [0.2, 0.25) is 6.08 Å². The molecular formula is C8HBr2F4NO. The van der Waals surface area contributed by atoms with Crippen LogP contribution in [0.15, 0.2) is 20.0 Å². The van der Waals surface area contributed by atoms with Gasteiger partial charge in [-0.05, 0) is 22.0 Å². The molecule has 0 saturated carbocycles. The number of rotatable bonds is 1. The van der Waals surface area contributed by atoms with E-state index >= 15 is 0 Å². The quantitative estimate of drug-likeness (QED) is 0.415. The van der Waals surface area contributed by atoms with Gasteiger partial charge in [0.25, 0.3) is 0 Å². The normalized spacial score (nSPS) is 11.1. The molecule has 0 bridgehead atoms. The minimum absolute atomic E-state index is 0.478. The van der Waals surface area contributed by atoms with E-state index in [1.807, 2.05) is 0 Å². The molecule has 0 unspecified atom stereocenters. The average molecular weight is 363 g/mol. The number of carbonyl (C=O) groups excluding carboxylic acids is 1. The van der Waals surface area contributed by atoms with Crippen molar-refractivity contribution in [1.82, 2.24) is 0 Å². The number of hydrogen-bond acceptors (Lipinski definition) is 2. The molecule has 0 saturated heterocycles. The summed E-state index contributed by atoms with van der Waals surface area (Å²) in [7, 11) is 0. The molecule has 1 aromatic carbocycles. The summed E-state index contributed by atoms with van der Waals surface area (Å²) in [4.78, 5) is 12.8. The fraction of sp³-hybridized carbons (Fsp3) is 0.125. The Labute approximate surface area is 104 Å². The third-order valence-electron chi connectivity index (χ3n) is 1.59.